The topological polar surface area (TPSA) is 35.5 Å². The first kappa shape index (κ1) is 12.9. The van der Waals surface area contributed by atoms with E-state index in [0.29, 0.717) is 11.3 Å². The Kier molecular flexibility index (Phi) is 2.86. The highest BCUT2D eigenvalue weighted by Gasteiger charge is 2.35. The molecule has 0 aromatic heterocycles. The fourth-order valence-electron chi connectivity index (χ4n) is 3.10. The lowest BCUT2D eigenvalue weighted by Crippen LogP contribution is -2.02. The number of fused-ring (bicyclic) bond motifs is 2. The molecule has 1 unspecified atom stereocenters. The van der Waals surface area contributed by atoms with Crippen LogP contribution in [0.3, 0.4) is 0 Å². The summed E-state index contributed by atoms with van der Waals surface area (Å²) in [5.74, 6) is 0.383. The molecular formula is C19H14O3. The second kappa shape index (κ2) is 4.88. The molecule has 3 heteroatoms. The molecule has 1 aliphatic rings. The Bertz CT molecular complexity index is 877. The highest BCUT2D eigenvalue weighted by molar-refractivity contribution is 5.97. The fourth-order valence-corrected chi connectivity index (χ4v) is 3.10. The Hall–Kier alpha value is -2.81. The monoisotopic (exact) mass is 290 g/mol. The lowest BCUT2D eigenvalue weighted by atomic mass is 9.94. The van der Waals surface area contributed by atoms with Crippen LogP contribution in [0.2, 0.25) is 0 Å². The molecular weight excluding hydrogens is 276 g/mol. The largest absolute Gasteiger partial charge is 0.496 e. The van der Waals surface area contributed by atoms with Gasteiger partial charge in [-0.3, -0.25) is 0 Å². The second-order valence-electron chi connectivity index (χ2n) is 5.28. The number of methoxy groups -OCH3 is 1. The zero-order valence-electron chi connectivity index (χ0n) is 12.1. The molecule has 1 aliphatic heterocycles. The van der Waals surface area contributed by atoms with Crippen molar-refractivity contribution in [1.29, 1.82) is 0 Å². The number of carbonyl (C=O) groups is 1. The number of ether oxygens (including phenoxy) is 2. The molecule has 0 aliphatic carbocycles. The molecule has 22 heavy (non-hydrogen) atoms. The maximum absolute atomic E-state index is 12.2. The molecule has 0 bridgehead atoms. The van der Waals surface area contributed by atoms with Crippen LogP contribution in [0.1, 0.15) is 27.6 Å². The van der Waals surface area contributed by atoms with E-state index >= 15 is 0 Å². The van der Waals surface area contributed by atoms with Gasteiger partial charge >= 0.3 is 5.97 Å². The molecule has 3 nitrogen and oxygen atoms in total. The van der Waals surface area contributed by atoms with Gasteiger partial charge in [-0.2, -0.15) is 0 Å². The van der Waals surface area contributed by atoms with Crippen molar-refractivity contribution in [3.8, 4) is 5.75 Å². The lowest BCUT2D eigenvalue weighted by Gasteiger charge is -2.16. The van der Waals surface area contributed by atoms with Crippen LogP contribution in [0.5, 0.6) is 5.75 Å². The highest BCUT2D eigenvalue weighted by atomic mass is 16.6. The van der Waals surface area contributed by atoms with E-state index in [0.717, 1.165) is 21.9 Å². The van der Waals surface area contributed by atoms with E-state index in [9.17, 15) is 4.79 Å². The summed E-state index contributed by atoms with van der Waals surface area (Å²) in [6.07, 6.45) is -0.426. The van der Waals surface area contributed by atoms with Gasteiger partial charge in [-0.15, -0.1) is 0 Å². The van der Waals surface area contributed by atoms with Crippen molar-refractivity contribution in [2.75, 3.05) is 7.11 Å². The first-order chi connectivity index (χ1) is 10.8. The molecule has 0 radical (unpaired) electrons. The van der Waals surface area contributed by atoms with Crippen molar-refractivity contribution in [3.05, 3.63) is 77.4 Å². The molecule has 108 valence electrons. The highest BCUT2D eigenvalue weighted by Crippen LogP contribution is 2.43. The number of hydrogen-bond acceptors (Lipinski definition) is 3. The fraction of sp³-hybridized carbons (Fsp3) is 0.105. The predicted octanol–water partition coefficient (Wildman–Crippen LogP) is 4.11. The van der Waals surface area contributed by atoms with Gasteiger partial charge in [0.1, 0.15) is 5.75 Å². The number of cyclic esters (lactones) is 1. The molecule has 0 saturated carbocycles. The zero-order chi connectivity index (χ0) is 15.1. The Morgan fingerprint density at radius 2 is 1.73 bits per heavy atom. The van der Waals surface area contributed by atoms with Gasteiger partial charge in [0, 0.05) is 5.56 Å². The van der Waals surface area contributed by atoms with Crippen LogP contribution in [0.15, 0.2) is 60.7 Å². The molecule has 3 aromatic rings. The van der Waals surface area contributed by atoms with E-state index in [-0.39, 0.29) is 5.97 Å². The number of esters is 1. The van der Waals surface area contributed by atoms with Crippen molar-refractivity contribution < 1.29 is 14.3 Å². The summed E-state index contributed by atoms with van der Waals surface area (Å²) in [6, 6.07) is 19.6. The van der Waals surface area contributed by atoms with Crippen molar-refractivity contribution in [2.24, 2.45) is 0 Å². The van der Waals surface area contributed by atoms with Crippen LogP contribution in [0, 0.1) is 0 Å². The van der Waals surface area contributed by atoms with Gasteiger partial charge in [-0.1, -0.05) is 48.5 Å². The van der Waals surface area contributed by atoms with Crippen molar-refractivity contribution in [2.45, 2.75) is 6.10 Å². The maximum atomic E-state index is 12.2. The third-order valence-corrected chi connectivity index (χ3v) is 4.10. The maximum Gasteiger partial charge on any atom is 0.339 e. The standard InChI is InChI=1S/C19H14O3/c1-21-16-11-5-10-15-17(16)18(22-19(15)20)14-9-4-7-12-6-2-3-8-13(12)14/h2-11,18H,1H3. The van der Waals surface area contributed by atoms with Crippen LogP contribution >= 0.6 is 0 Å². The smallest absolute Gasteiger partial charge is 0.339 e. The summed E-state index contributed by atoms with van der Waals surface area (Å²) in [5.41, 5.74) is 2.37. The van der Waals surface area contributed by atoms with E-state index in [1.165, 1.54) is 0 Å². The normalized spacial score (nSPS) is 16.4. The summed E-state index contributed by atoms with van der Waals surface area (Å²) < 4.78 is 11.1. The Morgan fingerprint density at radius 1 is 0.955 bits per heavy atom. The SMILES string of the molecule is COc1cccc2c1C(c1cccc3ccccc13)OC2=O. The zero-order valence-corrected chi connectivity index (χ0v) is 12.1. The average Bonchev–Trinajstić information content (AvgIpc) is 2.91. The summed E-state index contributed by atoms with van der Waals surface area (Å²) in [7, 11) is 1.61. The van der Waals surface area contributed by atoms with E-state index < -0.39 is 6.10 Å². The van der Waals surface area contributed by atoms with Crippen molar-refractivity contribution in [1.82, 2.24) is 0 Å². The van der Waals surface area contributed by atoms with Gasteiger partial charge in [0.2, 0.25) is 0 Å². The quantitative estimate of drug-likeness (QED) is 0.666. The van der Waals surface area contributed by atoms with E-state index in [2.05, 4.69) is 12.1 Å². The van der Waals surface area contributed by atoms with Crippen LogP contribution in [0.4, 0.5) is 0 Å². The lowest BCUT2D eigenvalue weighted by molar-refractivity contribution is 0.0456. The average molecular weight is 290 g/mol. The summed E-state index contributed by atoms with van der Waals surface area (Å²) in [5, 5.41) is 2.21. The van der Waals surface area contributed by atoms with Crippen LogP contribution in [0.25, 0.3) is 10.8 Å². The first-order valence-corrected chi connectivity index (χ1v) is 7.15. The van der Waals surface area contributed by atoms with E-state index in [1.54, 1.807) is 13.2 Å². The van der Waals surface area contributed by atoms with E-state index in [1.807, 2.05) is 42.5 Å². The molecule has 0 fully saturated rings. The van der Waals surface area contributed by atoms with Gasteiger partial charge in [-0.05, 0) is 22.9 Å². The third-order valence-electron chi connectivity index (χ3n) is 4.10. The van der Waals surface area contributed by atoms with Gasteiger partial charge in [0.05, 0.1) is 18.2 Å². The molecule has 0 N–H and O–H groups in total. The van der Waals surface area contributed by atoms with Crippen molar-refractivity contribution in [3.63, 3.8) is 0 Å². The predicted molar refractivity (Wildman–Crippen MR) is 84.2 cm³/mol. The summed E-state index contributed by atoms with van der Waals surface area (Å²) >= 11 is 0. The van der Waals surface area contributed by atoms with Crippen LogP contribution in [-0.2, 0) is 4.74 Å². The van der Waals surface area contributed by atoms with Gasteiger partial charge < -0.3 is 9.47 Å². The molecule has 1 heterocycles. The molecule has 3 aromatic carbocycles. The van der Waals surface area contributed by atoms with Crippen LogP contribution in [-0.4, -0.2) is 13.1 Å². The van der Waals surface area contributed by atoms with Crippen LogP contribution < -0.4 is 4.74 Å². The minimum Gasteiger partial charge on any atom is -0.496 e. The minimum absolute atomic E-state index is 0.299. The molecule has 4 rings (SSSR count). The van der Waals surface area contributed by atoms with Gasteiger partial charge in [0.15, 0.2) is 6.10 Å². The van der Waals surface area contributed by atoms with Gasteiger partial charge in [-0.25, -0.2) is 4.79 Å². The summed E-state index contributed by atoms with van der Waals surface area (Å²) in [6.45, 7) is 0. The first-order valence-electron chi connectivity index (χ1n) is 7.15. The number of rotatable bonds is 2. The van der Waals surface area contributed by atoms with Gasteiger partial charge in [0.25, 0.3) is 0 Å². The summed E-state index contributed by atoms with van der Waals surface area (Å²) in [4.78, 5) is 12.2. The molecule has 0 spiro atoms. The molecule has 0 saturated heterocycles. The third kappa shape index (κ3) is 1.79. The molecule has 0 amide bonds. The Labute approximate surface area is 128 Å². The number of benzene rings is 3. The Balaban J connectivity index is 1.97. The minimum atomic E-state index is -0.426. The molecule has 1 atom stereocenters. The number of hydrogen-bond donors (Lipinski definition) is 0. The Morgan fingerprint density at radius 3 is 2.59 bits per heavy atom. The van der Waals surface area contributed by atoms with E-state index in [4.69, 9.17) is 9.47 Å². The van der Waals surface area contributed by atoms with Crippen molar-refractivity contribution >= 4 is 16.7 Å². The second-order valence-corrected chi connectivity index (χ2v) is 5.28. The number of carbonyl (C=O) groups excluding carboxylic acids is 1.